The zero-order valence-electron chi connectivity index (χ0n) is 8.84. The Balaban J connectivity index is 2.44. The van der Waals surface area contributed by atoms with E-state index in [0.717, 1.165) is 11.1 Å². The summed E-state index contributed by atoms with van der Waals surface area (Å²) >= 11 is 0. The van der Waals surface area contributed by atoms with E-state index in [-0.39, 0.29) is 5.69 Å². The van der Waals surface area contributed by atoms with Crippen molar-refractivity contribution in [3.8, 4) is 11.1 Å². The van der Waals surface area contributed by atoms with Crippen LogP contribution in [0.25, 0.3) is 11.1 Å². The van der Waals surface area contributed by atoms with Crippen LogP contribution in [-0.2, 0) is 0 Å². The van der Waals surface area contributed by atoms with Gasteiger partial charge in [0, 0.05) is 6.20 Å². The molecule has 0 aliphatic rings. The topological polar surface area (TPSA) is 50.2 Å². The van der Waals surface area contributed by atoms with Crippen LogP contribution in [0.5, 0.6) is 0 Å². The largest absolute Gasteiger partial charge is 0.477 e. The first-order valence-electron chi connectivity index (χ1n) is 4.93. The summed E-state index contributed by atoms with van der Waals surface area (Å²) in [7, 11) is 0. The van der Waals surface area contributed by atoms with E-state index in [2.05, 4.69) is 4.98 Å². The van der Waals surface area contributed by atoms with Gasteiger partial charge in [-0.05, 0) is 30.2 Å². The minimum absolute atomic E-state index is 0.0677. The lowest BCUT2D eigenvalue weighted by molar-refractivity contribution is 0.0690. The quantitative estimate of drug-likeness (QED) is 0.834. The third-order valence-corrected chi connectivity index (χ3v) is 2.36. The molecule has 2 aromatic rings. The highest BCUT2D eigenvalue weighted by molar-refractivity contribution is 5.87. The molecule has 1 heterocycles. The first kappa shape index (κ1) is 10.4. The number of nitrogens with zero attached hydrogens (tertiary/aromatic N) is 1. The molecule has 0 radical (unpaired) electrons. The number of aryl methyl sites for hydroxylation is 1. The standard InChI is InChI=1S/C13H11NO2/c1-9-2-4-10(5-3-9)11-6-7-14-12(8-11)13(15)16/h2-8H,1H3,(H,15,16). The Morgan fingerprint density at radius 1 is 1.12 bits per heavy atom. The molecule has 1 aromatic heterocycles. The molecule has 80 valence electrons. The molecule has 1 aromatic carbocycles. The van der Waals surface area contributed by atoms with E-state index in [1.165, 1.54) is 11.8 Å². The number of pyridine rings is 1. The van der Waals surface area contributed by atoms with Crippen LogP contribution in [0.3, 0.4) is 0 Å². The monoisotopic (exact) mass is 213 g/mol. The lowest BCUT2D eigenvalue weighted by atomic mass is 10.0. The van der Waals surface area contributed by atoms with Crippen molar-refractivity contribution >= 4 is 5.97 Å². The smallest absolute Gasteiger partial charge is 0.354 e. The van der Waals surface area contributed by atoms with Gasteiger partial charge in [-0.25, -0.2) is 9.78 Å². The Morgan fingerprint density at radius 3 is 2.44 bits per heavy atom. The van der Waals surface area contributed by atoms with E-state index >= 15 is 0 Å². The van der Waals surface area contributed by atoms with Crippen LogP contribution in [0.2, 0.25) is 0 Å². The Morgan fingerprint density at radius 2 is 1.81 bits per heavy atom. The molecule has 0 bridgehead atoms. The molecule has 0 spiro atoms. The van der Waals surface area contributed by atoms with E-state index in [1.54, 1.807) is 12.1 Å². The van der Waals surface area contributed by atoms with Gasteiger partial charge in [-0.3, -0.25) is 0 Å². The Kier molecular flexibility index (Phi) is 2.68. The summed E-state index contributed by atoms with van der Waals surface area (Å²) in [4.78, 5) is 14.6. The van der Waals surface area contributed by atoms with Crippen molar-refractivity contribution in [2.75, 3.05) is 0 Å². The maximum atomic E-state index is 10.8. The van der Waals surface area contributed by atoms with Crippen molar-refractivity contribution in [3.05, 3.63) is 53.9 Å². The summed E-state index contributed by atoms with van der Waals surface area (Å²) < 4.78 is 0. The molecule has 2 rings (SSSR count). The number of benzene rings is 1. The van der Waals surface area contributed by atoms with Gasteiger partial charge in [0.1, 0.15) is 5.69 Å². The predicted octanol–water partition coefficient (Wildman–Crippen LogP) is 2.76. The second kappa shape index (κ2) is 4.14. The molecule has 16 heavy (non-hydrogen) atoms. The maximum absolute atomic E-state index is 10.8. The summed E-state index contributed by atoms with van der Waals surface area (Å²) in [5.41, 5.74) is 3.11. The Hall–Kier alpha value is -2.16. The zero-order chi connectivity index (χ0) is 11.5. The van der Waals surface area contributed by atoms with Crippen molar-refractivity contribution in [2.45, 2.75) is 6.92 Å². The number of carbonyl (C=O) groups is 1. The second-order valence-corrected chi connectivity index (χ2v) is 3.60. The Bertz CT molecular complexity index is 518. The van der Waals surface area contributed by atoms with Crippen LogP contribution >= 0.6 is 0 Å². The summed E-state index contributed by atoms with van der Waals surface area (Å²) in [5.74, 6) is -1.01. The molecule has 3 heteroatoms. The molecule has 1 N–H and O–H groups in total. The van der Waals surface area contributed by atoms with Crippen molar-refractivity contribution in [1.29, 1.82) is 0 Å². The minimum atomic E-state index is -1.01. The third-order valence-electron chi connectivity index (χ3n) is 2.36. The lowest BCUT2D eigenvalue weighted by Crippen LogP contribution is -1.99. The number of carboxylic acid groups (broad SMARTS) is 1. The molecule has 0 saturated heterocycles. The molecular weight excluding hydrogens is 202 g/mol. The zero-order valence-corrected chi connectivity index (χ0v) is 8.84. The highest BCUT2D eigenvalue weighted by Crippen LogP contribution is 2.19. The lowest BCUT2D eigenvalue weighted by Gasteiger charge is -2.02. The summed E-state index contributed by atoms with van der Waals surface area (Å²) in [6.45, 7) is 2.01. The van der Waals surface area contributed by atoms with Gasteiger partial charge >= 0.3 is 5.97 Å². The molecular formula is C13H11NO2. The van der Waals surface area contributed by atoms with Gasteiger partial charge < -0.3 is 5.11 Å². The van der Waals surface area contributed by atoms with Gasteiger partial charge in [0.25, 0.3) is 0 Å². The highest BCUT2D eigenvalue weighted by atomic mass is 16.4. The Labute approximate surface area is 93.4 Å². The van der Waals surface area contributed by atoms with Crippen LogP contribution in [0.4, 0.5) is 0 Å². The fourth-order valence-electron chi connectivity index (χ4n) is 1.47. The summed E-state index contributed by atoms with van der Waals surface area (Å²) in [6, 6.07) is 11.3. The van der Waals surface area contributed by atoms with E-state index < -0.39 is 5.97 Å². The van der Waals surface area contributed by atoms with Crippen molar-refractivity contribution < 1.29 is 9.90 Å². The van der Waals surface area contributed by atoms with Gasteiger partial charge in [0.2, 0.25) is 0 Å². The number of rotatable bonds is 2. The molecule has 0 unspecified atom stereocenters. The number of aromatic carboxylic acids is 1. The van der Waals surface area contributed by atoms with Crippen LogP contribution in [-0.4, -0.2) is 16.1 Å². The maximum Gasteiger partial charge on any atom is 0.354 e. The second-order valence-electron chi connectivity index (χ2n) is 3.60. The fourth-order valence-corrected chi connectivity index (χ4v) is 1.47. The molecule has 3 nitrogen and oxygen atoms in total. The SMILES string of the molecule is Cc1ccc(-c2ccnc(C(=O)O)c2)cc1. The molecule has 0 aliphatic heterocycles. The minimum Gasteiger partial charge on any atom is -0.477 e. The number of aromatic nitrogens is 1. The molecule has 0 aliphatic carbocycles. The van der Waals surface area contributed by atoms with Crippen LogP contribution in [0.1, 0.15) is 16.1 Å². The highest BCUT2D eigenvalue weighted by Gasteiger charge is 2.05. The van der Waals surface area contributed by atoms with Gasteiger partial charge in [0.05, 0.1) is 0 Å². The molecule has 0 amide bonds. The average molecular weight is 213 g/mol. The molecule has 0 saturated carbocycles. The third kappa shape index (κ3) is 2.08. The van der Waals surface area contributed by atoms with Crippen LogP contribution in [0.15, 0.2) is 42.6 Å². The average Bonchev–Trinajstić information content (AvgIpc) is 2.30. The van der Waals surface area contributed by atoms with Gasteiger partial charge in [-0.2, -0.15) is 0 Å². The van der Waals surface area contributed by atoms with Crippen molar-refractivity contribution in [2.24, 2.45) is 0 Å². The van der Waals surface area contributed by atoms with Gasteiger partial charge in [-0.1, -0.05) is 29.8 Å². The van der Waals surface area contributed by atoms with E-state index in [9.17, 15) is 4.79 Å². The van der Waals surface area contributed by atoms with Gasteiger partial charge in [-0.15, -0.1) is 0 Å². The van der Waals surface area contributed by atoms with Crippen molar-refractivity contribution in [3.63, 3.8) is 0 Å². The van der Waals surface area contributed by atoms with Crippen LogP contribution in [0, 0.1) is 6.92 Å². The number of hydrogen-bond acceptors (Lipinski definition) is 2. The van der Waals surface area contributed by atoms with E-state index in [0.29, 0.717) is 0 Å². The van der Waals surface area contributed by atoms with E-state index in [4.69, 9.17) is 5.11 Å². The van der Waals surface area contributed by atoms with E-state index in [1.807, 2.05) is 31.2 Å². The fraction of sp³-hybridized carbons (Fsp3) is 0.0769. The number of hydrogen-bond donors (Lipinski definition) is 1. The summed E-state index contributed by atoms with van der Waals surface area (Å²) in [5, 5.41) is 8.84. The normalized spacial score (nSPS) is 10.1. The first-order valence-corrected chi connectivity index (χ1v) is 4.93. The van der Waals surface area contributed by atoms with Crippen molar-refractivity contribution in [1.82, 2.24) is 4.98 Å². The van der Waals surface area contributed by atoms with Crippen LogP contribution < -0.4 is 0 Å². The number of carboxylic acids is 1. The summed E-state index contributed by atoms with van der Waals surface area (Å²) in [6.07, 6.45) is 1.51. The first-order chi connectivity index (χ1) is 7.66. The molecule has 0 atom stereocenters. The van der Waals surface area contributed by atoms with Gasteiger partial charge in [0.15, 0.2) is 0 Å². The predicted molar refractivity (Wildman–Crippen MR) is 61.4 cm³/mol. The molecule has 0 fully saturated rings.